The Morgan fingerprint density at radius 3 is 2.14 bits per heavy atom. The van der Waals surface area contributed by atoms with E-state index in [2.05, 4.69) is 5.32 Å². The number of nitrogens with one attached hydrogen (secondary N) is 1. The van der Waals surface area contributed by atoms with Crippen molar-refractivity contribution in [1.82, 2.24) is 10.2 Å². The third-order valence-electron chi connectivity index (χ3n) is 2.48. The number of nitrogens with zero attached hydrogens (tertiary/aromatic N) is 1. The molecule has 0 rings (SSSR count). The van der Waals surface area contributed by atoms with Crippen molar-refractivity contribution in [2.45, 2.75) is 66.0 Å². The van der Waals surface area contributed by atoms with Crippen molar-refractivity contribution in [1.29, 1.82) is 0 Å². The van der Waals surface area contributed by atoms with Gasteiger partial charge in [-0.3, -0.25) is 14.4 Å². The van der Waals surface area contributed by atoms with E-state index in [0.717, 1.165) is 0 Å². The summed E-state index contributed by atoms with van der Waals surface area (Å²) in [6, 6.07) is 0.0353. The van der Waals surface area contributed by atoms with Gasteiger partial charge in [0.15, 0.2) is 0 Å². The SMILES string of the molecule is CCN(CC(=O)NC(C)C)C(=O)CCC(=O)OC(C)(C)C. The summed E-state index contributed by atoms with van der Waals surface area (Å²) in [5.41, 5.74) is -0.554. The maximum atomic E-state index is 12.0. The highest BCUT2D eigenvalue weighted by Crippen LogP contribution is 2.09. The molecule has 0 aromatic carbocycles. The molecule has 6 nitrogen and oxygen atoms in total. The molecule has 0 aliphatic heterocycles. The van der Waals surface area contributed by atoms with Gasteiger partial charge in [0.1, 0.15) is 5.60 Å². The highest BCUT2D eigenvalue weighted by Gasteiger charge is 2.20. The summed E-state index contributed by atoms with van der Waals surface area (Å²) in [5.74, 6) is -0.821. The number of carbonyl (C=O) groups is 3. The molecule has 0 radical (unpaired) electrons. The van der Waals surface area contributed by atoms with E-state index in [-0.39, 0.29) is 37.2 Å². The lowest BCUT2D eigenvalue weighted by molar-refractivity contribution is -0.156. The normalized spacial score (nSPS) is 11.2. The molecule has 122 valence electrons. The first-order chi connectivity index (χ1) is 9.55. The van der Waals surface area contributed by atoms with Crippen LogP contribution in [0, 0.1) is 0 Å². The first-order valence-electron chi connectivity index (χ1n) is 7.34. The number of hydrogen-bond acceptors (Lipinski definition) is 4. The van der Waals surface area contributed by atoms with E-state index >= 15 is 0 Å². The Morgan fingerprint density at radius 2 is 1.71 bits per heavy atom. The minimum Gasteiger partial charge on any atom is -0.460 e. The number of carbonyl (C=O) groups excluding carboxylic acids is 3. The Labute approximate surface area is 127 Å². The van der Waals surface area contributed by atoms with E-state index < -0.39 is 11.6 Å². The predicted octanol–water partition coefficient (Wildman–Crippen LogP) is 1.48. The zero-order valence-corrected chi connectivity index (χ0v) is 14.0. The maximum absolute atomic E-state index is 12.0. The molecule has 0 aliphatic carbocycles. The number of ether oxygens (including phenoxy) is 1. The van der Waals surface area contributed by atoms with E-state index in [1.807, 2.05) is 13.8 Å². The smallest absolute Gasteiger partial charge is 0.306 e. The third kappa shape index (κ3) is 9.87. The molecule has 0 spiro atoms. The monoisotopic (exact) mass is 300 g/mol. The molecule has 0 fully saturated rings. The zero-order valence-electron chi connectivity index (χ0n) is 14.0. The van der Waals surface area contributed by atoms with Crippen LogP contribution in [0.25, 0.3) is 0 Å². The summed E-state index contributed by atoms with van der Waals surface area (Å²) in [5, 5.41) is 2.73. The fraction of sp³-hybridized carbons (Fsp3) is 0.800. The molecule has 0 aromatic rings. The highest BCUT2D eigenvalue weighted by molar-refractivity contribution is 5.86. The number of rotatable bonds is 7. The molecule has 0 atom stereocenters. The van der Waals surface area contributed by atoms with Crippen molar-refractivity contribution in [3.63, 3.8) is 0 Å². The molecular weight excluding hydrogens is 272 g/mol. The predicted molar refractivity (Wildman–Crippen MR) is 80.6 cm³/mol. The summed E-state index contributed by atoms with van der Waals surface area (Å²) in [4.78, 5) is 36.7. The van der Waals surface area contributed by atoms with Crippen molar-refractivity contribution in [2.24, 2.45) is 0 Å². The van der Waals surface area contributed by atoms with E-state index in [1.165, 1.54) is 4.90 Å². The summed E-state index contributed by atoms with van der Waals surface area (Å²) >= 11 is 0. The third-order valence-corrected chi connectivity index (χ3v) is 2.48. The fourth-order valence-electron chi connectivity index (χ4n) is 1.68. The summed E-state index contributed by atoms with van der Waals surface area (Å²) < 4.78 is 5.15. The quantitative estimate of drug-likeness (QED) is 0.723. The van der Waals surface area contributed by atoms with Gasteiger partial charge in [0.05, 0.1) is 13.0 Å². The lowest BCUT2D eigenvalue weighted by atomic mass is 10.2. The van der Waals surface area contributed by atoms with E-state index in [1.54, 1.807) is 27.7 Å². The summed E-state index contributed by atoms with van der Waals surface area (Å²) in [7, 11) is 0. The summed E-state index contributed by atoms with van der Waals surface area (Å²) in [6.45, 7) is 11.3. The molecule has 1 N–H and O–H groups in total. The van der Waals surface area contributed by atoms with Gasteiger partial charge >= 0.3 is 5.97 Å². The van der Waals surface area contributed by atoms with Gasteiger partial charge in [-0.25, -0.2) is 0 Å². The number of likely N-dealkylation sites (N-methyl/N-ethyl adjacent to an activating group) is 1. The Balaban J connectivity index is 4.28. The topological polar surface area (TPSA) is 75.7 Å². The van der Waals surface area contributed by atoms with Crippen molar-refractivity contribution in [3.8, 4) is 0 Å². The Kier molecular flexibility index (Phi) is 7.99. The number of hydrogen-bond donors (Lipinski definition) is 1. The maximum Gasteiger partial charge on any atom is 0.306 e. The lowest BCUT2D eigenvalue weighted by Crippen LogP contribution is -2.42. The van der Waals surface area contributed by atoms with Crippen molar-refractivity contribution < 1.29 is 19.1 Å². The fourth-order valence-corrected chi connectivity index (χ4v) is 1.68. The molecule has 2 amide bonds. The molecule has 0 bridgehead atoms. The van der Waals surface area contributed by atoms with Gasteiger partial charge in [0, 0.05) is 19.0 Å². The molecule has 0 saturated carbocycles. The van der Waals surface area contributed by atoms with Crippen LogP contribution < -0.4 is 5.32 Å². The van der Waals surface area contributed by atoms with Crippen molar-refractivity contribution >= 4 is 17.8 Å². The molecule has 0 aliphatic rings. The van der Waals surface area contributed by atoms with Crippen LogP contribution in [-0.4, -0.2) is 47.4 Å². The van der Waals surface area contributed by atoms with E-state index in [4.69, 9.17) is 4.74 Å². The van der Waals surface area contributed by atoms with Crippen LogP contribution in [0.4, 0.5) is 0 Å². The summed E-state index contributed by atoms with van der Waals surface area (Å²) in [6.07, 6.45) is 0.0795. The standard InChI is InChI=1S/C15H28N2O4/c1-7-17(10-12(18)16-11(2)3)13(19)8-9-14(20)21-15(4,5)6/h11H,7-10H2,1-6H3,(H,16,18). The van der Waals surface area contributed by atoms with Crippen LogP contribution >= 0.6 is 0 Å². The van der Waals surface area contributed by atoms with Crippen LogP contribution in [0.15, 0.2) is 0 Å². The molecule has 0 unspecified atom stereocenters. The number of amides is 2. The first-order valence-corrected chi connectivity index (χ1v) is 7.34. The number of esters is 1. The minimum atomic E-state index is -0.554. The largest absolute Gasteiger partial charge is 0.460 e. The van der Waals surface area contributed by atoms with Crippen LogP contribution in [0.1, 0.15) is 54.4 Å². The van der Waals surface area contributed by atoms with Gasteiger partial charge in [-0.1, -0.05) is 0 Å². The molecule has 0 aromatic heterocycles. The van der Waals surface area contributed by atoms with E-state index in [0.29, 0.717) is 6.54 Å². The van der Waals surface area contributed by atoms with Crippen molar-refractivity contribution in [2.75, 3.05) is 13.1 Å². The van der Waals surface area contributed by atoms with Crippen LogP contribution in [0.3, 0.4) is 0 Å². The van der Waals surface area contributed by atoms with Gasteiger partial charge in [-0.05, 0) is 41.5 Å². The van der Waals surface area contributed by atoms with Gasteiger partial charge in [0.2, 0.25) is 11.8 Å². The average molecular weight is 300 g/mol. The van der Waals surface area contributed by atoms with Crippen molar-refractivity contribution in [3.05, 3.63) is 0 Å². The van der Waals surface area contributed by atoms with Gasteiger partial charge in [-0.2, -0.15) is 0 Å². The van der Waals surface area contributed by atoms with Crippen LogP contribution in [-0.2, 0) is 19.1 Å². The van der Waals surface area contributed by atoms with Crippen LogP contribution in [0.5, 0.6) is 0 Å². The second kappa shape index (κ2) is 8.64. The highest BCUT2D eigenvalue weighted by atomic mass is 16.6. The average Bonchev–Trinajstić information content (AvgIpc) is 2.29. The molecular formula is C15H28N2O4. The molecule has 0 heterocycles. The van der Waals surface area contributed by atoms with Crippen LogP contribution in [0.2, 0.25) is 0 Å². The second-order valence-electron chi connectivity index (χ2n) is 6.22. The first kappa shape index (κ1) is 19.4. The molecule has 6 heteroatoms. The minimum absolute atomic E-state index is 0.0157. The van der Waals surface area contributed by atoms with Gasteiger partial charge < -0.3 is 15.0 Å². The second-order valence-corrected chi connectivity index (χ2v) is 6.22. The van der Waals surface area contributed by atoms with E-state index in [9.17, 15) is 14.4 Å². The Morgan fingerprint density at radius 1 is 1.14 bits per heavy atom. The van der Waals surface area contributed by atoms with Gasteiger partial charge in [0.25, 0.3) is 0 Å². The lowest BCUT2D eigenvalue weighted by Gasteiger charge is -2.22. The molecule has 21 heavy (non-hydrogen) atoms. The van der Waals surface area contributed by atoms with Gasteiger partial charge in [-0.15, -0.1) is 0 Å². The Hall–Kier alpha value is -1.59. The zero-order chi connectivity index (χ0) is 16.6. The Bertz CT molecular complexity index is 372. The molecule has 0 saturated heterocycles.